The number of ether oxygens (including phenoxy) is 2. The van der Waals surface area contributed by atoms with E-state index in [-0.39, 0.29) is 55.6 Å². The third kappa shape index (κ3) is 13.6. The van der Waals surface area contributed by atoms with Gasteiger partial charge in [-0.1, -0.05) is 6.58 Å². The summed E-state index contributed by atoms with van der Waals surface area (Å²) in [5.41, 5.74) is 5.60. The highest BCUT2D eigenvalue weighted by Gasteiger charge is 2.05. The topological polar surface area (TPSA) is 120 Å². The minimum atomic E-state index is -0.323. The van der Waals surface area contributed by atoms with Crippen molar-refractivity contribution in [3.05, 3.63) is 12.2 Å². The van der Waals surface area contributed by atoms with E-state index in [1.807, 2.05) is 0 Å². The van der Waals surface area contributed by atoms with Crippen LogP contribution in [0, 0.1) is 0 Å². The zero-order valence-corrected chi connectivity index (χ0v) is 14.7. The van der Waals surface area contributed by atoms with E-state index in [4.69, 9.17) is 15.2 Å². The minimum Gasteiger partial charge on any atom is -0.463 e. The molecule has 0 rings (SSSR count). The van der Waals surface area contributed by atoms with Crippen LogP contribution in [0.3, 0.4) is 0 Å². The van der Waals surface area contributed by atoms with E-state index >= 15 is 0 Å². The van der Waals surface area contributed by atoms with Crippen molar-refractivity contribution in [1.82, 2.24) is 10.6 Å². The van der Waals surface area contributed by atoms with E-state index < -0.39 is 0 Å². The molecule has 0 fully saturated rings. The van der Waals surface area contributed by atoms with Gasteiger partial charge in [0.25, 0.3) is 0 Å². The van der Waals surface area contributed by atoms with Gasteiger partial charge in [0.2, 0.25) is 11.8 Å². The van der Waals surface area contributed by atoms with Crippen molar-refractivity contribution in [2.45, 2.75) is 32.6 Å². The van der Waals surface area contributed by atoms with Crippen LogP contribution in [0.1, 0.15) is 32.6 Å². The normalized spacial score (nSPS) is 9.88. The van der Waals surface area contributed by atoms with Gasteiger partial charge in [0, 0.05) is 18.5 Å². The molecule has 0 heterocycles. The van der Waals surface area contributed by atoms with E-state index in [2.05, 4.69) is 29.4 Å². The molecule has 0 saturated heterocycles. The number of carbonyl (C=O) groups excluding carboxylic acids is 3. The molecule has 0 aromatic heterocycles. The van der Waals surface area contributed by atoms with E-state index in [1.165, 1.54) is 0 Å². The SMILES string of the molecule is C=C(C)C(=O)NCCCCC(=O)OCCOCCC(=O)NC(N)=S. The van der Waals surface area contributed by atoms with Crippen LogP contribution < -0.4 is 16.4 Å². The Kier molecular flexibility index (Phi) is 12.3. The second-order valence-electron chi connectivity index (χ2n) is 4.99. The summed E-state index contributed by atoms with van der Waals surface area (Å²) in [4.78, 5) is 33.8. The van der Waals surface area contributed by atoms with Crippen molar-refractivity contribution in [1.29, 1.82) is 0 Å². The van der Waals surface area contributed by atoms with Gasteiger partial charge in [-0.3, -0.25) is 14.4 Å². The maximum absolute atomic E-state index is 11.4. The van der Waals surface area contributed by atoms with Crippen LogP contribution in [0.25, 0.3) is 0 Å². The van der Waals surface area contributed by atoms with E-state index in [0.717, 1.165) is 0 Å². The Morgan fingerprint density at radius 3 is 2.46 bits per heavy atom. The van der Waals surface area contributed by atoms with Crippen molar-refractivity contribution >= 4 is 35.1 Å². The predicted octanol–water partition coefficient (Wildman–Crippen LogP) is 0.159. The Hall–Kier alpha value is -2.00. The molecule has 0 bridgehead atoms. The molecule has 136 valence electrons. The van der Waals surface area contributed by atoms with Crippen molar-refractivity contribution in [2.75, 3.05) is 26.4 Å². The second-order valence-corrected chi connectivity index (χ2v) is 5.43. The van der Waals surface area contributed by atoms with Gasteiger partial charge in [-0.05, 0) is 32.0 Å². The second kappa shape index (κ2) is 13.4. The number of rotatable bonds is 12. The lowest BCUT2D eigenvalue weighted by Crippen LogP contribution is -2.35. The first-order valence-electron chi connectivity index (χ1n) is 7.59. The van der Waals surface area contributed by atoms with Gasteiger partial charge in [-0.25, -0.2) is 0 Å². The molecule has 9 heteroatoms. The van der Waals surface area contributed by atoms with Crippen molar-refractivity contribution in [2.24, 2.45) is 5.73 Å². The molecule has 4 N–H and O–H groups in total. The molecule has 0 unspecified atom stereocenters. The van der Waals surface area contributed by atoms with E-state index in [9.17, 15) is 14.4 Å². The highest BCUT2D eigenvalue weighted by molar-refractivity contribution is 7.80. The third-order valence-electron chi connectivity index (χ3n) is 2.71. The summed E-state index contributed by atoms with van der Waals surface area (Å²) in [5.74, 6) is -0.828. The molecular weight excluding hydrogens is 334 g/mol. The predicted molar refractivity (Wildman–Crippen MR) is 93.0 cm³/mol. The number of unbranched alkanes of at least 4 members (excludes halogenated alkanes) is 1. The molecule has 0 aromatic rings. The van der Waals surface area contributed by atoms with Crippen LogP contribution in [0.2, 0.25) is 0 Å². The fraction of sp³-hybridized carbons (Fsp3) is 0.600. The molecule has 2 amide bonds. The van der Waals surface area contributed by atoms with Crippen LogP contribution in [-0.2, 0) is 23.9 Å². The smallest absolute Gasteiger partial charge is 0.305 e. The number of hydrogen-bond acceptors (Lipinski definition) is 6. The Morgan fingerprint density at radius 1 is 1.12 bits per heavy atom. The molecule has 0 aliphatic rings. The fourth-order valence-corrected chi connectivity index (χ4v) is 1.61. The summed E-state index contributed by atoms with van der Waals surface area (Å²) in [7, 11) is 0. The van der Waals surface area contributed by atoms with Crippen molar-refractivity contribution in [3.8, 4) is 0 Å². The first kappa shape index (κ1) is 22.0. The molecule has 24 heavy (non-hydrogen) atoms. The standard InChI is InChI=1S/C15H25N3O5S/c1-11(2)14(21)17-7-4-3-5-13(20)23-10-9-22-8-6-12(19)18-15(16)24/h1,3-10H2,2H3,(H,17,21)(H3,16,18,19,24). The zero-order valence-electron chi connectivity index (χ0n) is 13.9. The Bertz CT molecular complexity index is 468. The van der Waals surface area contributed by atoms with Gasteiger partial charge in [0.05, 0.1) is 19.6 Å². The number of nitrogens with two attached hydrogens (primary N) is 1. The van der Waals surface area contributed by atoms with Gasteiger partial charge in [0.1, 0.15) is 6.61 Å². The largest absolute Gasteiger partial charge is 0.463 e. The first-order valence-corrected chi connectivity index (χ1v) is 8.00. The maximum atomic E-state index is 11.4. The van der Waals surface area contributed by atoms with Crippen molar-refractivity contribution in [3.63, 3.8) is 0 Å². The Morgan fingerprint density at radius 2 is 1.83 bits per heavy atom. The third-order valence-corrected chi connectivity index (χ3v) is 2.81. The average Bonchev–Trinajstić information content (AvgIpc) is 2.49. The molecule has 0 aliphatic carbocycles. The molecule has 0 saturated carbocycles. The number of hydrogen-bond donors (Lipinski definition) is 3. The minimum absolute atomic E-state index is 0.0758. The van der Waals surface area contributed by atoms with Gasteiger partial charge in [-0.2, -0.15) is 0 Å². The number of thiocarbonyl (C=S) groups is 1. The van der Waals surface area contributed by atoms with Crippen LogP contribution in [0.4, 0.5) is 0 Å². The summed E-state index contributed by atoms with van der Waals surface area (Å²) < 4.78 is 10.1. The van der Waals surface area contributed by atoms with Gasteiger partial charge < -0.3 is 25.8 Å². The molecular formula is C15H25N3O5S. The molecule has 0 spiro atoms. The summed E-state index contributed by atoms with van der Waals surface area (Å²) in [5, 5.41) is 4.88. The van der Waals surface area contributed by atoms with Gasteiger partial charge in [0.15, 0.2) is 5.11 Å². The summed E-state index contributed by atoms with van der Waals surface area (Å²) in [6.07, 6.45) is 1.71. The molecule has 0 radical (unpaired) electrons. The summed E-state index contributed by atoms with van der Waals surface area (Å²) >= 11 is 4.52. The maximum Gasteiger partial charge on any atom is 0.305 e. The van der Waals surface area contributed by atoms with E-state index in [1.54, 1.807) is 6.92 Å². The number of carbonyl (C=O) groups is 3. The molecule has 8 nitrogen and oxygen atoms in total. The fourth-order valence-electron chi connectivity index (χ4n) is 1.50. The molecule has 0 aromatic carbocycles. The number of amides is 2. The highest BCUT2D eigenvalue weighted by atomic mass is 32.1. The molecule has 0 aliphatic heterocycles. The van der Waals surface area contributed by atoms with Crippen LogP contribution >= 0.6 is 12.2 Å². The number of nitrogens with one attached hydrogen (secondary N) is 2. The monoisotopic (exact) mass is 359 g/mol. The zero-order chi connectivity index (χ0) is 18.4. The van der Waals surface area contributed by atoms with Gasteiger partial charge >= 0.3 is 5.97 Å². The van der Waals surface area contributed by atoms with Gasteiger partial charge in [-0.15, -0.1) is 0 Å². The first-order chi connectivity index (χ1) is 11.3. The lowest BCUT2D eigenvalue weighted by molar-refractivity contribution is -0.145. The summed E-state index contributed by atoms with van der Waals surface area (Å²) in [6.45, 7) is 6.18. The average molecular weight is 359 g/mol. The quantitative estimate of drug-likeness (QED) is 0.196. The van der Waals surface area contributed by atoms with Crippen LogP contribution in [-0.4, -0.2) is 49.3 Å². The van der Waals surface area contributed by atoms with Crippen LogP contribution in [0.15, 0.2) is 12.2 Å². The lowest BCUT2D eigenvalue weighted by Gasteiger charge is -2.07. The summed E-state index contributed by atoms with van der Waals surface area (Å²) in [6, 6.07) is 0. The Balaban J connectivity index is 3.44. The Labute approximate surface area is 147 Å². The highest BCUT2D eigenvalue weighted by Crippen LogP contribution is 1.98. The number of esters is 1. The van der Waals surface area contributed by atoms with Crippen molar-refractivity contribution < 1.29 is 23.9 Å². The van der Waals surface area contributed by atoms with Crippen LogP contribution in [0.5, 0.6) is 0 Å². The van der Waals surface area contributed by atoms with E-state index in [0.29, 0.717) is 25.0 Å². The molecule has 0 atom stereocenters. The lowest BCUT2D eigenvalue weighted by atomic mass is 10.2.